The number of furan rings is 1. The fraction of sp³-hybridized carbons (Fsp3) is 0.143. The first-order valence-electron chi connectivity index (χ1n) is 11.5. The Morgan fingerprint density at radius 2 is 1.81 bits per heavy atom. The lowest BCUT2D eigenvalue weighted by Crippen LogP contribution is -2.24. The molecule has 3 aromatic heterocycles. The highest BCUT2D eigenvalue weighted by atomic mass is 16.3. The van der Waals surface area contributed by atoms with Gasteiger partial charge in [-0.3, -0.25) is 9.59 Å². The molecule has 0 aliphatic heterocycles. The van der Waals surface area contributed by atoms with E-state index >= 15 is 0 Å². The van der Waals surface area contributed by atoms with Crippen LogP contribution < -0.4 is 5.32 Å². The van der Waals surface area contributed by atoms with Gasteiger partial charge in [0.15, 0.2) is 5.65 Å². The summed E-state index contributed by atoms with van der Waals surface area (Å²) < 4.78 is 7.22. The topological polar surface area (TPSA) is 93.3 Å². The maximum atomic E-state index is 13.6. The van der Waals surface area contributed by atoms with Gasteiger partial charge in [-0.15, -0.1) is 0 Å². The number of rotatable bonds is 7. The number of carbonyl (C=O) groups excluding carboxylic acids is 2. The number of fused-ring (bicyclic) bond motifs is 1. The molecule has 0 spiro atoms. The van der Waals surface area contributed by atoms with Gasteiger partial charge in [-0.1, -0.05) is 48.5 Å². The average molecular weight is 480 g/mol. The Morgan fingerprint density at radius 1 is 1.03 bits per heavy atom. The first-order chi connectivity index (χ1) is 17.5. The molecule has 0 atom stereocenters. The third kappa shape index (κ3) is 4.74. The molecular weight excluding hydrogens is 454 g/mol. The van der Waals surface area contributed by atoms with E-state index in [-0.39, 0.29) is 11.8 Å². The maximum absolute atomic E-state index is 13.6. The van der Waals surface area contributed by atoms with Crippen LogP contribution in [0.3, 0.4) is 0 Å². The predicted octanol–water partition coefficient (Wildman–Crippen LogP) is 4.97. The molecule has 2 aromatic carbocycles. The van der Waals surface area contributed by atoms with Gasteiger partial charge in [-0.05, 0) is 29.8 Å². The second-order valence-corrected chi connectivity index (χ2v) is 8.53. The number of aromatic nitrogens is 3. The van der Waals surface area contributed by atoms with Gasteiger partial charge < -0.3 is 14.6 Å². The van der Waals surface area contributed by atoms with Crippen LogP contribution in [-0.4, -0.2) is 38.5 Å². The number of nitrogens with zero attached hydrogens (tertiary/aromatic N) is 4. The van der Waals surface area contributed by atoms with Gasteiger partial charge in [-0.2, -0.15) is 5.10 Å². The zero-order chi connectivity index (χ0) is 25.1. The molecule has 36 heavy (non-hydrogen) atoms. The molecule has 0 saturated carbocycles. The number of nitrogens with one attached hydrogen (secondary N) is 1. The van der Waals surface area contributed by atoms with Crippen LogP contribution in [0.1, 0.15) is 28.6 Å². The van der Waals surface area contributed by atoms with E-state index in [1.165, 1.54) is 6.92 Å². The van der Waals surface area contributed by atoms with Crippen LogP contribution in [-0.2, 0) is 17.9 Å². The summed E-state index contributed by atoms with van der Waals surface area (Å²) in [5, 5.41) is 8.17. The highest BCUT2D eigenvalue weighted by Gasteiger charge is 2.19. The summed E-state index contributed by atoms with van der Waals surface area (Å²) in [5.41, 5.74) is 4.08. The van der Waals surface area contributed by atoms with Crippen molar-refractivity contribution >= 4 is 28.5 Å². The van der Waals surface area contributed by atoms with Gasteiger partial charge in [0, 0.05) is 31.8 Å². The van der Waals surface area contributed by atoms with Crippen molar-refractivity contribution in [2.75, 3.05) is 12.4 Å². The molecule has 0 aliphatic carbocycles. The van der Waals surface area contributed by atoms with Crippen LogP contribution >= 0.6 is 0 Å². The number of benzene rings is 2. The first kappa shape index (κ1) is 23.0. The highest BCUT2D eigenvalue weighted by Crippen LogP contribution is 2.27. The van der Waals surface area contributed by atoms with Gasteiger partial charge in [0.05, 0.1) is 29.1 Å². The zero-order valence-corrected chi connectivity index (χ0v) is 20.0. The monoisotopic (exact) mass is 479 g/mol. The Morgan fingerprint density at radius 3 is 2.56 bits per heavy atom. The second kappa shape index (κ2) is 9.87. The van der Waals surface area contributed by atoms with Crippen molar-refractivity contribution in [2.45, 2.75) is 20.0 Å². The molecule has 3 heterocycles. The second-order valence-electron chi connectivity index (χ2n) is 8.53. The van der Waals surface area contributed by atoms with Crippen LogP contribution in [0.15, 0.2) is 89.7 Å². The van der Waals surface area contributed by atoms with Crippen LogP contribution in [0, 0.1) is 0 Å². The summed E-state index contributed by atoms with van der Waals surface area (Å²) in [6, 6.07) is 22.7. The standard InChI is InChI=1S/C28H25N5O3/c1-19(34)32(2)17-21-11-6-7-13-25(21)31-28(35)23-15-26(20-9-4-3-5-10-20)30-27-24(23)16-29-33(27)18-22-12-8-14-36-22/h3-16H,17-18H2,1-2H3,(H,31,35). The van der Waals surface area contributed by atoms with E-state index in [0.29, 0.717) is 41.1 Å². The lowest BCUT2D eigenvalue weighted by Gasteiger charge is -2.18. The van der Waals surface area contributed by atoms with Crippen molar-refractivity contribution in [3.63, 3.8) is 0 Å². The molecule has 8 heteroatoms. The molecule has 180 valence electrons. The van der Waals surface area contributed by atoms with Crippen LogP contribution in [0.4, 0.5) is 5.69 Å². The van der Waals surface area contributed by atoms with E-state index in [1.807, 2.05) is 66.7 Å². The van der Waals surface area contributed by atoms with E-state index in [0.717, 1.165) is 16.9 Å². The normalized spacial score (nSPS) is 10.9. The van der Waals surface area contributed by atoms with Crippen molar-refractivity contribution in [3.8, 4) is 11.3 Å². The molecule has 0 bridgehead atoms. The fourth-order valence-electron chi connectivity index (χ4n) is 3.99. The lowest BCUT2D eigenvalue weighted by molar-refractivity contribution is -0.128. The van der Waals surface area contributed by atoms with Gasteiger partial charge in [0.2, 0.25) is 5.91 Å². The maximum Gasteiger partial charge on any atom is 0.256 e. The smallest absolute Gasteiger partial charge is 0.256 e. The van der Waals surface area contributed by atoms with E-state index < -0.39 is 0 Å². The third-order valence-corrected chi connectivity index (χ3v) is 6.02. The summed E-state index contributed by atoms with van der Waals surface area (Å²) >= 11 is 0. The molecule has 1 N–H and O–H groups in total. The number of amides is 2. The number of hydrogen-bond acceptors (Lipinski definition) is 5. The highest BCUT2D eigenvalue weighted by molar-refractivity contribution is 6.12. The summed E-state index contributed by atoms with van der Waals surface area (Å²) in [7, 11) is 1.73. The van der Waals surface area contributed by atoms with E-state index in [4.69, 9.17) is 9.40 Å². The Hall–Kier alpha value is -4.72. The predicted molar refractivity (Wildman–Crippen MR) is 137 cm³/mol. The van der Waals surface area contributed by atoms with Crippen molar-refractivity contribution in [1.82, 2.24) is 19.7 Å². The summed E-state index contributed by atoms with van der Waals surface area (Å²) in [4.78, 5) is 31.8. The van der Waals surface area contributed by atoms with E-state index in [2.05, 4.69) is 10.4 Å². The number of hydrogen-bond donors (Lipinski definition) is 1. The molecule has 5 rings (SSSR count). The minimum absolute atomic E-state index is 0.0524. The van der Waals surface area contributed by atoms with E-state index in [1.54, 1.807) is 35.2 Å². The van der Waals surface area contributed by atoms with Crippen molar-refractivity contribution in [3.05, 3.63) is 102 Å². The number of para-hydroxylation sites is 1. The van der Waals surface area contributed by atoms with Crippen molar-refractivity contribution in [1.29, 1.82) is 0 Å². The third-order valence-electron chi connectivity index (χ3n) is 6.02. The van der Waals surface area contributed by atoms with Crippen LogP contribution in [0.2, 0.25) is 0 Å². The van der Waals surface area contributed by atoms with E-state index in [9.17, 15) is 9.59 Å². The molecule has 8 nitrogen and oxygen atoms in total. The molecule has 0 radical (unpaired) electrons. The largest absolute Gasteiger partial charge is 0.467 e. The Labute approximate surface area is 208 Å². The SMILES string of the molecule is CC(=O)N(C)Cc1ccccc1NC(=O)c1cc(-c2ccccc2)nc2c1cnn2Cc1ccco1. The van der Waals surface area contributed by atoms with Crippen molar-refractivity contribution in [2.24, 2.45) is 0 Å². The summed E-state index contributed by atoms with van der Waals surface area (Å²) in [5.74, 6) is 0.403. The Balaban J connectivity index is 1.56. The summed E-state index contributed by atoms with van der Waals surface area (Å²) in [6.45, 7) is 2.29. The molecule has 0 aliphatic rings. The lowest BCUT2D eigenvalue weighted by atomic mass is 10.1. The minimum atomic E-state index is -0.282. The van der Waals surface area contributed by atoms with Crippen LogP contribution in [0.25, 0.3) is 22.3 Å². The molecule has 0 fully saturated rings. The van der Waals surface area contributed by atoms with Gasteiger partial charge in [0.1, 0.15) is 12.3 Å². The molecule has 0 unspecified atom stereocenters. The molecular formula is C28H25N5O3. The molecule has 2 amide bonds. The fourth-order valence-corrected chi connectivity index (χ4v) is 3.99. The first-order valence-corrected chi connectivity index (χ1v) is 11.5. The Bertz CT molecular complexity index is 1520. The van der Waals surface area contributed by atoms with Gasteiger partial charge >= 0.3 is 0 Å². The van der Waals surface area contributed by atoms with Crippen LogP contribution in [0.5, 0.6) is 0 Å². The zero-order valence-electron chi connectivity index (χ0n) is 20.0. The van der Waals surface area contributed by atoms with Gasteiger partial charge in [0.25, 0.3) is 5.91 Å². The minimum Gasteiger partial charge on any atom is -0.467 e. The number of pyridine rings is 1. The average Bonchev–Trinajstić information content (AvgIpc) is 3.55. The molecule has 0 saturated heterocycles. The van der Waals surface area contributed by atoms with Crippen molar-refractivity contribution < 1.29 is 14.0 Å². The number of carbonyl (C=O) groups is 2. The number of anilines is 1. The molecule has 5 aromatic rings. The summed E-state index contributed by atoms with van der Waals surface area (Å²) in [6.07, 6.45) is 3.27. The quantitative estimate of drug-likeness (QED) is 0.356. The Kier molecular flexibility index (Phi) is 6.32. The van der Waals surface area contributed by atoms with Gasteiger partial charge in [-0.25, -0.2) is 9.67 Å².